The van der Waals surface area contributed by atoms with E-state index in [4.69, 9.17) is 10.5 Å². The summed E-state index contributed by atoms with van der Waals surface area (Å²) in [6.07, 6.45) is 0. The molecule has 1 aliphatic heterocycles. The number of piperazine rings is 1. The van der Waals surface area contributed by atoms with Gasteiger partial charge in [0.1, 0.15) is 6.73 Å². The van der Waals surface area contributed by atoms with E-state index in [-0.39, 0.29) is 12.8 Å². The van der Waals surface area contributed by atoms with Gasteiger partial charge in [-0.05, 0) is 0 Å². The molecule has 88 valence electrons. The molecule has 0 unspecified atom stereocenters. The van der Waals surface area contributed by atoms with E-state index in [1.807, 2.05) is 0 Å². The number of hydrogen-bond acceptors (Lipinski definition) is 4. The summed E-state index contributed by atoms with van der Waals surface area (Å²) in [4.78, 5) is 15.6. The number of nitrogens with zero attached hydrogens (tertiary/aromatic N) is 2. The zero-order chi connectivity index (χ0) is 11.1. The number of nitrogens with one attached hydrogen (secondary N) is 1. The summed E-state index contributed by atoms with van der Waals surface area (Å²) in [5.74, 6) is 0. The van der Waals surface area contributed by atoms with Gasteiger partial charge < -0.3 is 20.7 Å². The van der Waals surface area contributed by atoms with Crippen LogP contribution in [0, 0.1) is 0 Å². The molecule has 1 saturated heterocycles. The SMILES string of the molecule is COCNC(=O)N1CCN(CCN)CC1. The normalized spacial score (nSPS) is 17.9. The van der Waals surface area contributed by atoms with E-state index in [1.54, 1.807) is 12.0 Å². The minimum atomic E-state index is -0.0516. The van der Waals surface area contributed by atoms with E-state index in [9.17, 15) is 4.79 Å². The van der Waals surface area contributed by atoms with Crippen LogP contribution in [0.2, 0.25) is 0 Å². The molecular weight excluding hydrogens is 196 g/mol. The zero-order valence-corrected chi connectivity index (χ0v) is 9.24. The molecule has 0 aromatic rings. The van der Waals surface area contributed by atoms with E-state index < -0.39 is 0 Å². The van der Waals surface area contributed by atoms with Crippen molar-refractivity contribution in [2.45, 2.75) is 0 Å². The predicted molar refractivity (Wildman–Crippen MR) is 57.5 cm³/mol. The second kappa shape index (κ2) is 6.60. The van der Waals surface area contributed by atoms with E-state index in [0.29, 0.717) is 6.54 Å². The van der Waals surface area contributed by atoms with Crippen molar-refractivity contribution in [1.29, 1.82) is 0 Å². The molecule has 6 heteroatoms. The summed E-state index contributed by atoms with van der Waals surface area (Å²) in [5, 5.41) is 2.67. The fourth-order valence-electron chi connectivity index (χ4n) is 1.60. The van der Waals surface area contributed by atoms with Crippen LogP contribution >= 0.6 is 0 Å². The van der Waals surface area contributed by atoms with E-state index in [2.05, 4.69) is 10.2 Å². The Morgan fingerprint density at radius 2 is 2.07 bits per heavy atom. The van der Waals surface area contributed by atoms with Gasteiger partial charge in [0, 0.05) is 46.4 Å². The van der Waals surface area contributed by atoms with Gasteiger partial charge in [0.15, 0.2) is 0 Å². The van der Waals surface area contributed by atoms with E-state index in [1.165, 1.54) is 0 Å². The number of hydrogen-bond donors (Lipinski definition) is 2. The summed E-state index contributed by atoms with van der Waals surface area (Å²) in [7, 11) is 1.56. The maximum atomic E-state index is 11.5. The molecule has 6 nitrogen and oxygen atoms in total. The number of rotatable bonds is 4. The summed E-state index contributed by atoms with van der Waals surface area (Å²) in [5.41, 5.74) is 5.47. The Labute approximate surface area is 90.3 Å². The highest BCUT2D eigenvalue weighted by atomic mass is 16.5. The molecule has 0 spiro atoms. The molecule has 0 aromatic heterocycles. The van der Waals surface area contributed by atoms with Crippen molar-refractivity contribution in [1.82, 2.24) is 15.1 Å². The maximum Gasteiger partial charge on any atom is 0.319 e. The highest BCUT2D eigenvalue weighted by molar-refractivity contribution is 5.74. The van der Waals surface area contributed by atoms with Crippen LogP contribution in [0.1, 0.15) is 0 Å². The molecule has 1 heterocycles. The predicted octanol–water partition coefficient (Wildman–Crippen LogP) is -1.12. The zero-order valence-electron chi connectivity index (χ0n) is 9.24. The smallest absolute Gasteiger partial charge is 0.319 e. The molecule has 0 radical (unpaired) electrons. The molecule has 0 saturated carbocycles. The molecule has 0 aromatic carbocycles. The van der Waals surface area contributed by atoms with E-state index in [0.717, 1.165) is 32.7 Å². The Kier molecular flexibility index (Phi) is 5.38. The first kappa shape index (κ1) is 12.2. The van der Waals surface area contributed by atoms with Gasteiger partial charge in [0.2, 0.25) is 0 Å². The average Bonchev–Trinajstić information content (AvgIpc) is 2.27. The first-order valence-corrected chi connectivity index (χ1v) is 5.22. The highest BCUT2D eigenvalue weighted by Gasteiger charge is 2.19. The summed E-state index contributed by atoms with van der Waals surface area (Å²) >= 11 is 0. The average molecular weight is 216 g/mol. The largest absolute Gasteiger partial charge is 0.364 e. The molecule has 1 fully saturated rings. The van der Waals surface area contributed by atoms with Gasteiger partial charge in [-0.1, -0.05) is 0 Å². The monoisotopic (exact) mass is 216 g/mol. The van der Waals surface area contributed by atoms with Crippen LogP contribution in [0.3, 0.4) is 0 Å². The molecular formula is C9H20N4O2. The Morgan fingerprint density at radius 3 is 2.60 bits per heavy atom. The molecule has 0 aliphatic carbocycles. The fraction of sp³-hybridized carbons (Fsp3) is 0.889. The molecule has 1 aliphatic rings. The van der Waals surface area contributed by atoms with Gasteiger partial charge in [-0.3, -0.25) is 4.90 Å². The Bertz CT molecular complexity index is 193. The third-order valence-corrected chi connectivity index (χ3v) is 2.47. The van der Waals surface area contributed by atoms with Crippen LogP contribution in [0.25, 0.3) is 0 Å². The Balaban J connectivity index is 2.21. The second-order valence-electron chi connectivity index (χ2n) is 3.53. The number of methoxy groups -OCH3 is 1. The minimum Gasteiger partial charge on any atom is -0.364 e. The van der Waals surface area contributed by atoms with Crippen molar-refractivity contribution in [2.75, 3.05) is 53.1 Å². The van der Waals surface area contributed by atoms with Gasteiger partial charge in [-0.15, -0.1) is 0 Å². The number of ether oxygens (including phenoxy) is 1. The number of urea groups is 1. The van der Waals surface area contributed by atoms with Crippen molar-refractivity contribution >= 4 is 6.03 Å². The number of carbonyl (C=O) groups excluding carboxylic acids is 1. The molecule has 0 atom stereocenters. The maximum absolute atomic E-state index is 11.5. The van der Waals surface area contributed by atoms with Crippen LogP contribution in [0.15, 0.2) is 0 Å². The lowest BCUT2D eigenvalue weighted by Crippen LogP contribution is -2.52. The second-order valence-corrected chi connectivity index (χ2v) is 3.53. The summed E-state index contributed by atoms with van der Waals surface area (Å²) in [6, 6.07) is -0.0516. The van der Waals surface area contributed by atoms with Gasteiger partial charge in [0.05, 0.1) is 0 Å². The topological polar surface area (TPSA) is 70.8 Å². The first-order chi connectivity index (χ1) is 7.27. The number of carbonyl (C=O) groups is 1. The number of nitrogens with two attached hydrogens (primary N) is 1. The van der Waals surface area contributed by atoms with Gasteiger partial charge >= 0.3 is 6.03 Å². The lowest BCUT2D eigenvalue weighted by molar-refractivity contribution is 0.125. The van der Waals surface area contributed by atoms with Crippen LogP contribution in [-0.2, 0) is 4.74 Å². The Hall–Kier alpha value is -0.850. The van der Waals surface area contributed by atoms with Crippen molar-refractivity contribution in [3.8, 4) is 0 Å². The van der Waals surface area contributed by atoms with Crippen LogP contribution in [0.4, 0.5) is 4.79 Å². The third kappa shape index (κ3) is 4.03. The fourth-order valence-corrected chi connectivity index (χ4v) is 1.60. The lowest BCUT2D eigenvalue weighted by atomic mass is 10.3. The molecule has 1 rings (SSSR count). The Morgan fingerprint density at radius 1 is 1.40 bits per heavy atom. The van der Waals surface area contributed by atoms with Crippen molar-refractivity contribution < 1.29 is 9.53 Å². The van der Waals surface area contributed by atoms with Crippen LogP contribution in [0.5, 0.6) is 0 Å². The van der Waals surface area contributed by atoms with Crippen molar-refractivity contribution in [2.24, 2.45) is 5.73 Å². The molecule has 15 heavy (non-hydrogen) atoms. The quantitative estimate of drug-likeness (QED) is 0.584. The van der Waals surface area contributed by atoms with Gasteiger partial charge in [-0.2, -0.15) is 0 Å². The van der Waals surface area contributed by atoms with Crippen LogP contribution in [-0.4, -0.2) is 68.9 Å². The third-order valence-electron chi connectivity index (χ3n) is 2.47. The van der Waals surface area contributed by atoms with Crippen LogP contribution < -0.4 is 11.1 Å². The molecule has 3 N–H and O–H groups in total. The highest BCUT2D eigenvalue weighted by Crippen LogP contribution is 2.00. The van der Waals surface area contributed by atoms with Crippen molar-refractivity contribution in [3.63, 3.8) is 0 Å². The van der Waals surface area contributed by atoms with Gasteiger partial charge in [-0.25, -0.2) is 4.79 Å². The standard InChI is InChI=1S/C9H20N4O2/c1-15-8-11-9(14)13-6-4-12(3-2-10)5-7-13/h2-8,10H2,1H3,(H,11,14). The summed E-state index contributed by atoms with van der Waals surface area (Å²) < 4.78 is 4.78. The number of amides is 2. The lowest BCUT2D eigenvalue weighted by Gasteiger charge is -2.34. The minimum absolute atomic E-state index is 0.0516. The van der Waals surface area contributed by atoms with E-state index >= 15 is 0 Å². The first-order valence-electron chi connectivity index (χ1n) is 5.22. The molecule has 2 amide bonds. The van der Waals surface area contributed by atoms with Crippen molar-refractivity contribution in [3.05, 3.63) is 0 Å². The summed E-state index contributed by atoms with van der Waals surface area (Å²) in [6.45, 7) is 5.17. The molecule has 0 bridgehead atoms. The van der Waals surface area contributed by atoms with Gasteiger partial charge in [0.25, 0.3) is 0 Å².